The molecular weight excluding hydrogens is 408 g/mol. The number of nitrogens with zero attached hydrogens (tertiary/aromatic N) is 1. The van der Waals surface area contributed by atoms with Gasteiger partial charge in [0.05, 0.1) is 6.04 Å². The van der Waals surface area contributed by atoms with Crippen molar-refractivity contribution in [3.8, 4) is 0 Å². The molecule has 2 unspecified atom stereocenters. The second-order valence-electron chi connectivity index (χ2n) is 6.87. The van der Waals surface area contributed by atoms with Crippen molar-refractivity contribution < 1.29 is 4.79 Å². The maximum absolute atomic E-state index is 13.3. The number of hydrogen-bond donors (Lipinski definition) is 1. The molecule has 0 bridgehead atoms. The number of nitrogens with one attached hydrogen (secondary N) is 1. The van der Waals surface area contributed by atoms with Gasteiger partial charge < -0.3 is 5.32 Å². The topological polar surface area (TPSA) is 32.3 Å². The zero-order chi connectivity index (χ0) is 17.9. The highest BCUT2D eigenvalue weighted by Gasteiger charge is 2.32. The fourth-order valence-corrected chi connectivity index (χ4v) is 5.52. The molecule has 2 aromatic rings. The highest BCUT2D eigenvalue weighted by Crippen LogP contribution is 2.36. The average Bonchev–Trinajstić information content (AvgIpc) is 3.08. The third-order valence-electron chi connectivity index (χ3n) is 5.30. The first-order chi connectivity index (χ1) is 12.7. The SMILES string of the molecule is O=C(NC1CCc2c(Br)cccc21)C(c1ccccc1)N1CCSCC1. The summed E-state index contributed by atoms with van der Waals surface area (Å²) in [7, 11) is 0. The van der Waals surface area contributed by atoms with Crippen molar-refractivity contribution >= 4 is 33.6 Å². The van der Waals surface area contributed by atoms with E-state index in [0.717, 1.165) is 47.5 Å². The number of benzene rings is 2. The van der Waals surface area contributed by atoms with E-state index in [2.05, 4.69) is 56.5 Å². The van der Waals surface area contributed by atoms with E-state index in [0.29, 0.717) is 0 Å². The summed E-state index contributed by atoms with van der Waals surface area (Å²) in [5, 5.41) is 3.35. The molecule has 1 heterocycles. The van der Waals surface area contributed by atoms with Crippen LogP contribution in [-0.2, 0) is 11.2 Å². The van der Waals surface area contributed by atoms with Crippen LogP contribution in [0.4, 0.5) is 0 Å². The van der Waals surface area contributed by atoms with E-state index in [1.165, 1.54) is 11.1 Å². The summed E-state index contributed by atoms with van der Waals surface area (Å²) < 4.78 is 1.15. The van der Waals surface area contributed by atoms with Gasteiger partial charge in [-0.1, -0.05) is 58.4 Å². The van der Waals surface area contributed by atoms with Crippen molar-refractivity contribution in [2.75, 3.05) is 24.6 Å². The first kappa shape index (κ1) is 18.1. The number of thioether (sulfide) groups is 1. The van der Waals surface area contributed by atoms with E-state index in [-0.39, 0.29) is 18.0 Å². The molecule has 1 fully saturated rings. The van der Waals surface area contributed by atoms with Crippen LogP contribution in [0.5, 0.6) is 0 Å². The second-order valence-corrected chi connectivity index (χ2v) is 8.95. The number of rotatable bonds is 4. The van der Waals surface area contributed by atoms with E-state index < -0.39 is 0 Å². The molecular formula is C21H23BrN2OS. The summed E-state index contributed by atoms with van der Waals surface area (Å²) in [5.41, 5.74) is 3.68. The van der Waals surface area contributed by atoms with Crippen LogP contribution in [0, 0.1) is 0 Å². The Morgan fingerprint density at radius 3 is 2.65 bits per heavy atom. The molecule has 0 aromatic heterocycles. The first-order valence-corrected chi connectivity index (χ1v) is 11.1. The number of carbonyl (C=O) groups is 1. The Morgan fingerprint density at radius 2 is 1.88 bits per heavy atom. The fraction of sp³-hybridized carbons (Fsp3) is 0.381. The van der Waals surface area contributed by atoms with Crippen LogP contribution in [0.15, 0.2) is 53.0 Å². The summed E-state index contributed by atoms with van der Waals surface area (Å²) in [6.07, 6.45) is 1.99. The second kappa shape index (κ2) is 8.15. The van der Waals surface area contributed by atoms with Gasteiger partial charge in [-0.05, 0) is 35.6 Å². The molecule has 5 heteroatoms. The highest BCUT2D eigenvalue weighted by molar-refractivity contribution is 9.10. The summed E-state index contributed by atoms with van der Waals surface area (Å²) in [6.45, 7) is 1.93. The van der Waals surface area contributed by atoms with Gasteiger partial charge in [0.2, 0.25) is 5.91 Å². The van der Waals surface area contributed by atoms with Gasteiger partial charge in [-0.25, -0.2) is 0 Å². The van der Waals surface area contributed by atoms with Gasteiger partial charge in [0.1, 0.15) is 6.04 Å². The smallest absolute Gasteiger partial charge is 0.242 e. The lowest BCUT2D eigenvalue weighted by Crippen LogP contribution is -2.44. The summed E-state index contributed by atoms with van der Waals surface area (Å²) in [4.78, 5) is 15.7. The monoisotopic (exact) mass is 430 g/mol. The van der Waals surface area contributed by atoms with Crippen molar-refractivity contribution in [1.82, 2.24) is 10.2 Å². The van der Waals surface area contributed by atoms with Crippen LogP contribution in [0.3, 0.4) is 0 Å². The third-order valence-corrected chi connectivity index (χ3v) is 6.99. The Kier molecular flexibility index (Phi) is 5.67. The van der Waals surface area contributed by atoms with Crippen LogP contribution in [0.2, 0.25) is 0 Å². The molecule has 1 aliphatic carbocycles. The van der Waals surface area contributed by atoms with Gasteiger partial charge in [-0.2, -0.15) is 11.8 Å². The minimum Gasteiger partial charge on any atom is -0.348 e. The number of fused-ring (bicyclic) bond motifs is 1. The molecule has 3 nitrogen and oxygen atoms in total. The lowest BCUT2D eigenvalue weighted by Gasteiger charge is -2.34. The molecule has 1 saturated heterocycles. The largest absolute Gasteiger partial charge is 0.348 e. The van der Waals surface area contributed by atoms with Crippen LogP contribution < -0.4 is 5.32 Å². The molecule has 0 saturated carbocycles. The van der Waals surface area contributed by atoms with Gasteiger partial charge in [0.25, 0.3) is 0 Å². The molecule has 136 valence electrons. The summed E-state index contributed by atoms with van der Waals surface area (Å²) in [5.74, 6) is 2.31. The van der Waals surface area contributed by atoms with Crippen molar-refractivity contribution in [3.05, 3.63) is 69.7 Å². The number of halogens is 1. The van der Waals surface area contributed by atoms with E-state index >= 15 is 0 Å². The fourth-order valence-electron chi connectivity index (χ4n) is 4.01. The Hall–Kier alpha value is -1.30. The van der Waals surface area contributed by atoms with E-state index in [1.54, 1.807) is 0 Å². The molecule has 2 aromatic carbocycles. The molecule has 0 radical (unpaired) electrons. The van der Waals surface area contributed by atoms with Gasteiger partial charge in [0.15, 0.2) is 0 Å². The number of hydrogen-bond acceptors (Lipinski definition) is 3. The van der Waals surface area contributed by atoms with E-state index in [9.17, 15) is 4.79 Å². The minimum absolute atomic E-state index is 0.111. The van der Waals surface area contributed by atoms with Crippen LogP contribution in [0.25, 0.3) is 0 Å². The Balaban J connectivity index is 1.57. The zero-order valence-corrected chi connectivity index (χ0v) is 17.1. The van der Waals surface area contributed by atoms with E-state index in [1.807, 2.05) is 30.0 Å². The Morgan fingerprint density at radius 1 is 1.12 bits per heavy atom. The standard InChI is InChI=1S/C21H23BrN2OS/c22-18-8-4-7-17-16(18)9-10-19(17)23-21(25)20(15-5-2-1-3-6-15)24-11-13-26-14-12-24/h1-8,19-20H,9-14H2,(H,23,25). The van der Waals surface area contributed by atoms with Gasteiger partial charge in [-0.3, -0.25) is 9.69 Å². The van der Waals surface area contributed by atoms with Crippen LogP contribution >= 0.6 is 27.7 Å². The normalized spacial score (nSPS) is 21.2. The van der Waals surface area contributed by atoms with Crippen LogP contribution in [0.1, 0.15) is 35.2 Å². The Bertz CT molecular complexity index is 777. The lowest BCUT2D eigenvalue weighted by atomic mass is 10.0. The first-order valence-electron chi connectivity index (χ1n) is 9.18. The van der Waals surface area contributed by atoms with Crippen molar-refractivity contribution in [2.45, 2.75) is 24.9 Å². The molecule has 2 atom stereocenters. The summed E-state index contributed by atoms with van der Waals surface area (Å²) in [6, 6.07) is 16.4. The van der Waals surface area contributed by atoms with E-state index in [4.69, 9.17) is 0 Å². The lowest BCUT2D eigenvalue weighted by molar-refractivity contribution is -0.127. The molecule has 26 heavy (non-hydrogen) atoms. The molecule has 1 N–H and O–H groups in total. The predicted molar refractivity (Wildman–Crippen MR) is 111 cm³/mol. The van der Waals surface area contributed by atoms with Gasteiger partial charge in [0, 0.05) is 29.1 Å². The quantitative estimate of drug-likeness (QED) is 0.782. The third kappa shape index (κ3) is 3.71. The van der Waals surface area contributed by atoms with Gasteiger partial charge in [-0.15, -0.1) is 0 Å². The molecule has 0 spiro atoms. The number of carbonyl (C=O) groups excluding carboxylic acids is 1. The summed E-state index contributed by atoms with van der Waals surface area (Å²) >= 11 is 5.62. The molecule has 2 aliphatic rings. The molecule has 4 rings (SSSR count). The Labute approximate surface area is 167 Å². The minimum atomic E-state index is -0.201. The maximum atomic E-state index is 13.3. The van der Waals surface area contributed by atoms with Crippen LogP contribution in [-0.4, -0.2) is 35.4 Å². The molecule has 1 amide bonds. The van der Waals surface area contributed by atoms with Crippen molar-refractivity contribution in [1.29, 1.82) is 0 Å². The maximum Gasteiger partial charge on any atom is 0.242 e. The average molecular weight is 431 g/mol. The van der Waals surface area contributed by atoms with Gasteiger partial charge >= 0.3 is 0 Å². The van der Waals surface area contributed by atoms with Crippen molar-refractivity contribution in [3.63, 3.8) is 0 Å². The predicted octanol–water partition coefficient (Wildman–Crippen LogP) is 4.34. The molecule has 1 aliphatic heterocycles. The highest BCUT2D eigenvalue weighted by atomic mass is 79.9. The van der Waals surface area contributed by atoms with Crippen molar-refractivity contribution in [2.24, 2.45) is 0 Å². The zero-order valence-electron chi connectivity index (χ0n) is 14.7. The number of amides is 1.